The molecule has 0 spiro atoms. The van der Waals surface area contributed by atoms with Gasteiger partial charge in [-0.05, 0) is 24.3 Å². The molecule has 4 rings (SSSR count). The van der Waals surface area contributed by atoms with Gasteiger partial charge in [-0.25, -0.2) is 23.7 Å². The third-order valence-corrected chi connectivity index (χ3v) is 5.32. The van der Waals surface area contributed by atoms with E-state index in [2.05, 4.69) is 20.6 Å². The van der Waals surface area contributed by atoms with Crippen molar-refractivity contribution in [1.82, 2.24) is 19.9 Å². The van der Waals surface area contributed by atoms with Crippen LogP contribution in [0, 0.1) is 5.82 Å². The normalized spacial score (nSPS) is 11.8. The number of carbonyl (C=O) groups excluding carboxylic acids is 1. The van der Waals surface area contributed by atoms with Gasteiger partial charge in [0, 0.05) is 29.8 Å². The molecule has 0 atom stereocenters. The lowest BCUT2D eigenvalue weighted by molar-refractivity contribution is -0.139. The molecular formula is C24H21F4N5O4. The molecule has 0 aliphatic heterocycles. The third kappa shape index (κ3) is 6.02. The Kier molecular flexibility index (Phi) is 7.66. The average Bonchev–Trinajstić information content (AvgIpc) is 3.23. The summed E-state index contributed by atoms with van der Waals surface area (Å²) in [6.07, 6.45) is -3.71. The first kappa shape index (κ1) is 26.0. The summed E-state index contributed by atoms with van der Waals surface area (Å²) in [6.45, 7) is -0.377. The molecule has 4 N–H and O–H groups in total. The lowest BCUT2D eigenvalue weighted by Crippen LogP contribution is -2.35. The van der Waals surface area contributed by atoms with E-state index in [0.29, 0.717) is 28.7 Å². The van der Waals surface area contributed by atoms with Gasteiger partial charge in [-0.1, -0.05) is 18.2 Å². The van der Waals surface area contributed by atoms with Crippen LogP contribution in [0.4, 0.5) is 28.0 Å². The fourth-order valence-electron chi connectivity index (χ4n) is 3.49. The Morgan fingerprint density at radius 3 is 2.54 bits per heavy atom. The predicted molar refractivity (Wildman–Crippen MR) is 125 cm³/mol. The smallest absolute Gasteiger partial charge is 0.419 e. The number of nitrogens with one attached hydrogen (secondary N) is 2. The summed E-state index contributed by atoms with van der Waals surface area (Å²) in [6, 6.07) is 10.5. The SMILES string of the molecule is O=C(Nc1ccc(F)c(C(F)(F)F)c1)n1c(Oc2cc(CNC(CO)CO)ncn2)cc2ccccc21. The van der Waals surface area contributed by atoms with Crippen molar-refractivity contribution < 1.29 is 37.3 Å². The second-order valence-corrected chi connectivity index (χ2v) is 7.89. The van der Waals surface area contributed by atoms with Crippen LogP contribution in [-0.2, 0) is 12.7 Å². The Bertz CT molecular complexity index is 1410. The van der Waals surface area contributed by atoms with Gasteiger partial charge in [0.1, 0.15) is 12.1 Å². The summed E-state index contributed by atoms with van der Waals surface area (Å²) in [5.41, 5.74) is -0.904. The number of fused-ring (bicyclic) bond motifs is 1. The number of para-hydroxylation sites is 1. The molecule has 0 fully saturated rings. The first-order valence-corrected chi connectivity index (χ1v) is 10.9. The average molecular weight is 519 g/mol. The quantitative estimate of drug-likeness (QED) is 0.261. The third-order valence-electron chi connectivity index (χ3n) is 5.32. The van der Waals surface area contributed by atoms with E-state index in [4.69, 9.17) is 4.74 Å². The zero-order valence-electron chi connectivity index (χ0n) is 19.0. The van der Waals surface area contributed by atoms with Crippen molar-refractivity contribution in [3.63, 3.8) is 0 Å². The Hall–Kier alpha value is -4.07. The number of ether oxygens (including phenoxy) is 1. The number of aliphatic hydroxyl groups excluding tert-OH is 2. The zero-order valence-corrected chi connectivity index (χ0v) is 19.0. The molecule has 1 amide bonds. The summed E-state index contributed by atoms with van der Waals surface area (Å²) in [7, 11) is 0. The number of carbonyl (C=O) groups is 1. The molecule has 0 radical (unpaired) electrons. The highest BCUT2D eigenvalue weighted by Crippen LogP contribution is 2.34. The van der Waals surface area contributed by atoms with Crippen molar-refractivity contribution in [2.45, 2.75) is 18.8 Å². The highest BCUT2D eigenvalue weighted by molar-refractivity contribution is 6.00. The second-order valence-electron chi connectivity index (χ2n) is 7.89. The van der Waals surface area contributed by atoms with E-state index < -0.39 is 29.6 Å². The number of hydrogen-bond acceptors (Lipinski definition) is 7. The fraction of sp³-hybridized carbons (Fsp3) is 0.208. The molecule has 4 aromatic rings. The van der Waals surface area contributed by atoms with Crippen LogP contribution < -0.4 is 15.4 Å². The molecule has 2 aromatic carbocycles. The lowest BCUT2D eigenvalue weighted by Gasteiger charge is -2.14. The van der Waals surface area contributed by atoms with Crippen molar-refractivity contribution in [2.75, 3.05) is 18.5 Å². The van der Waals surface area contributed by atoms with Crippen LogP contribution in [0.15, 0.2) is 60.9 Å². The van der Waals surface area contributed by atoms with Crippen molar-refractivity contribution in [2.24, 2.45) is 0 Å². The number of benzene rings is 2. The Balaban J connectivity index is 1.62. The van der Waals surface area contributed by atoms with E-state index >= 15 is 0 Å². The standard InChI is InChI=1S/C24H21F4N5O4/c25-19-6-5-15(8-18(19)24(26,27)28)32-23(36)33-20-4-2-1-3-14(20)7-22(33)37-21-9-16(30-13-31-21)10-29-17(11-34)12-35/h1-9,13,17,29,34-35H,10-12H2,(H,32,36). The number of halogens is 4. The van der Waals surface area contributed by atoms with E-state index in [1.165, 1.54) is 12.4 Å². The molecule has 13 heteroatoms. The maximum atomic E-state index is 13.7. The molecule has 194 valence electrons. The van der Waals surface area contributed by atoms with Crippen LogP contribution in [-0.4, -0.2) is 50.0 Å². The Morgan fingerprint density at radius 2 is 1.81 bits per heavy atom. The topological polar surface area (TPSA) is 122 Å². The number of aliphatic hydroxyl groups is 2. The number of amides is 1. The van der Waals surface area contributed by atoms with E-state index in [9.17, 15) is 32.6 Å². The molecule has 0 saturated heterocycles. The predicted octanol–water partition coefficient (Wildman–Crippen LogP) is 3.90. The molecule has 0 aliphatic carbocycles. The molecule has 0 unspecified atom stereocenters. The van der Waals surface area contributed by atoms with Crippen LogP contribution >= 0.6 is 0 Å². The summed E-state index contributed by atoms with van der Waals surface area (Å²) in [5, 5.41) is 24.2. The van der Waals surface area contributed by atoms with Crippen LogP contribution in [0.5, 0.6) is 11.8 Å². The lowest BCUT2D eigenvalue weighted by atomic mass is 10.2. The molecular weight excluding hydrogens is 498 g/mol. The van der Waals surface area contributed by atoms with Gasteiger partial charge in [-0.15, -0.1) is 0 Å². The summed E-state index contributed by atoms with van der Waals surface area (Å²) >= 11 is 0. The van der Waals surface area contributed by atoms with Gasteiger partial charge < -0.3 is 25.6 Å². The van der Waals surface area contributed by atoms with Crippen LogP contribution in [0.25, 0.3) is 10.9 Å². The maximum Gasteiger partial charge on any atom is 0.419 e. The van der Waals surface area contributed by atoms with Gasteiger partial charge in [0.2, 0.25) is 11.8 Å². The summed E-state index contributed by atoms with van der Waals surface area (Å²) in [5.74, 6) is -1.38. The molecule has 0 aliphatic rings. The minimum atomic E-state index is -4.94. The Morgan fingerprint density at radius 1 is 1.05 bits per heavy atom. The largest absolute Gasteiger partial charge is 0.422 e. The summed E-state index contributed by atoms with van der Waals surface area (Å²) < 4.78 is 59.9. The summed E-state index contributed by atoms with van der Waals surface area (Å²) in [4.78, 5) is 21.3. The highest BCUT2D eigenvalue weighted by atomic mass is 19.4. The van der Waals surface area contributed by atoms with Crippen LogP contribution in [0.3, 0.4) is 0 Å². The second kappa shape index (κ2) is 10.9. The van der Waals surface area contributed by atoms with Crippen molar-refractivity contribution in [3.8, 4) is 11.8 Å². The van der Waals surface area contributed by atoms with Crippen LogP contribution in [0.2, 0.25) is 0 Å². The number of nitrogens with zero attached hydrogens (tertiary/aromatic N) is 3. The molecule has 0 saturated carbocycles. The van der Waals surface area contributed by atoms with Crippen molar-refractivity contribution in [1.29, 1.82) is 0 Å². The van der Waals surface area contributed by atoms with Gasteiger partial charge in [-0.3, -0.25) is 0 Å². The number of aromatic nitrogens is 3. The van der Waals surface area contributed by atoms with Gasteiger partial charge in [0.25, 0.3) is 0 Å². The van der Waals surface area contributed by atoms with E-state index in [1.807, 2.05) is 0 Å². The fourth-order valence-corrected chi connectivity index (χ4v) is 3.49. The first-order valence-electron chi connectivity index (χ1n) is 10.9. The molecule has 37 heavy (non-hydrogen) atoms. The monoisotopic (exact) mass is 519 g/mol. The van der Waals surface area contributed by atoms with Crippen LogP contribution in [0.1, 0.15) is 11.3 Å². The van der Waals surface area contributed by atoms with Gasteiger partial charge in [-0.2, -0.15) is 13.2 Å². The van der Waals surface area contributed by atoms with Gasteiger partial charge in [0.05, 0.1) is 36.0 Å². The minimum absolute atomic E-state index is 0.0121. The molecule has 2 aromatic heterocycles. The van der Waals surface area contributed by atoms with E-state index in [1.54, 1.807) is 30.3 Å². The maximum absolute atomic E-state index is 13.7. The minimum Gasteiger partial charge on any atom is -0.422 e. The highest BCUT2D eigenvalue weighted by Gasteiger charge is 2.34. The Labute approximate surface area is 207 Å². The zero-order chi connectivity index (χ0) is 26.6. The van der Waals surface area contributed by atoms with Crippen molar-refractivity contribution >= 4 is 22.6 Å². The van der Waals surface area contributed by atoms with Gasteiger partial charge >= 0.3 is 12.2 Å². The number of hydrogen-bond donors (Lipinski definition) is 4. The molecule has 0 bridgehead atoms. The van der Waals surface area contributed by atoms with E-state index in [0.717, 1.165) is 10.6 Å². The van der Waals surface area contributed by atoms with Crippen molar-refractivity contribution in [3.05, 3.63) is 78.0 Å². The number of anilines is 1. The molecule has 9 nitrogen and oxygen atoms in total. The number of alkyl halides is 3. The molecule has 2 heterocycles. The first-order chi connectivity index (χ1) is 17.7. The number of rotatable bonds is 8. The van der Waals surface area contributed by atoms with Gasteiger partial charge in [0.15, 0.2) is 0 Å². The van der Waals surface area contributed by atoms with E-state index in [-0.39, 0.29) is 37.2 Å².